The predicted octanol–water partition coefficient (Wildman–Crippen LogP) is 3.01. The van der Waals surface area contributed by atoms with Gasteiger partial charge in [0.2, 0.25) is 0 Å². The molecule has 2 fully saturated rings. The second-order valence-electron chi connectivity index (χ2n) is 7.18. The molecule has 1 N–H and O–H groups in total. The SMILES string of the molecule is CC1CCCCC1C1(C)NC(=O)N(CC(=O)c2ccccc2)C1=O. The third-order valence-corrected chi connectivity index (χ3v) is 5.55. The first kappa shape index (κ1) is 16.7. The summed E-state index contributed by atoms with van der Waals surface area (Å²) in [6.45, 7) is 3.75. The van der Waals surface area contributed by atoms with E-state index in [0.29, 0.717) is 11.5 Å². The molecule has 1 aromatic rings. The van der Waals surface area contributed by atoms with Gasteiger partial charge < -0.3 is 5.32 Å². The first-order valence-electron chi connectivity index (χ1n) is 8.66. The van der Waals surface area contributed by atoms with Crippen LogP contribution in [0.1, 0.15) is 49.9 Å². The minimum absolute atomic E-state index is 0.125. The highest BCUT2D eigenvalue weighted by atomic mass is 16.2. The zero-order chi connectivity index (χ0) is 17.3. The molecule has 2 aliphatic rings. The lowest BCUT2D eigenvalue weighted by molar-refractivity contribution is -0.133. The topological polar surface area (TPSA) is 66.5 Å². The number of Topliss-reactive ketones (excluding diaryl/α,β-unsaturated/α-hetero) is 1. The van der Waals surface area contributed by atoms with Gasteiger partial charge in [0.25, 0.3) is 5.91 Å². The van der Waals surface area contributed by atoms with Crippen LogP contribution in [0.15, 0.2) is 30.3 Å². The van der Waals surface area contributed by atoms with E-state index < -0.39 is 11.6 Å². The van der Waals surface area contributed by atoms with Crippen LogP contribution in [0.3, 0.4) is 0 Å². The Hall–Kier alpha value is -2.17. The Morgan fingerprint density at radius 1 is 1.21 bits per heavy atom. The summed E-state index contributed by atoms with van der Waals surface area (Å²) < 4.78 is 0. The van der Waals surface area contributed by atoms with E-state index in [4.69, 9.17) is 0 Å². The molecule has 1 saturated heterocycles. The molecule has 1 aromatic carbocycles. The number of carbonyl (C=O) groups is 3. The number of benzene rings is 1. The Morgan fingerprint density at radius 3 is 2.54 bits per heavy atom. The first-order valence-corrected chi connectivity index (χ1v) is 8.66. The van der Waals surface area contributed by atoms with Crippen molar-refractivity contribution in [2.45, 2.75) is 45.1 Å². The smallest absolute Gasteiger partial charge is 0.323 e. The maximum atomic E-state index is 12.9. The Morgan fingerprint density at radius 2 is 1.88 bits per heavy atom. The molecule has 3 rings (SSSR count). The highest BCUT2D eigenvalue weighted by Crippen LogP contribution is 2.40. The van der Waals surface area contributed by atoms with Crippen LogP contribution in [0.2, 0.25) is 0 Å². The molecule has 0 spiro atoms. The highest BCUT2D eigenvalue weighted by molar-refractivity contribution is 6.11. The van der Waals surface area contributed by atoms with E-state index >= 15 is 0 Å². The van der Waals surface area contributed by atoms with Gasteiger partial charge in [-0.15, -0.1) is 0 Å². The molecule has 1 aliphatic heterocycles. The zero-order valence-electron chi connectivity index (χ0n) is 14.2. The van der Waals surface area contributed by atoms with Crippen LogP contribution in [0.25, 0.3) is 0 Å². The van der Waals surface area contributed by atoms with Gasteiger partial charge in [-0.3, -0.25) is 14.5 Å². The highest BCUT2D eigenvalue weighted by Gasteiger charge is 2.54. The fraction of sp³-hybridized carbons (Fsp3) is 0.526. The molecule has 1 aliphatic carbocycles. The normalized spacial score (nSPS) is 30.3. The summed E-state index contributed by atoms with van der Waals surface area (Å²) in [7, 11) is 0. The Balaban J connectivity index is 1.77. The number of hydrogen-bond donors (Lipinski definition) is 1. The van der Waals surface area contributed by atoms with E-state index in [1.165, 1.54) is 6.42 Å². The van der Waals surface area contributed by atoms with Gasteiger partial charge in [0.05, 0.1) is 6.54 Å². The zero-order valence-corrected chi connectivity index (χ0v) is 14.2. The summed E-state index contributed by atoms with van der Waals surface area (Å²) in [6, 6.07) is 8.31. The van der Waals surface area contributed by atoms with Crippen LogP contribution in [0.4, 0.5) is 4.79 Å². The lowest BCUT2D eigenvalue weighted by Gasteiger charge is -2.39. The summed E-state index contributed by atoms with van der Waals surface area (Å²) in [4.78, 5) is 38.7. The van der Waals surface area contributed by atoms with Crippen molar-refractivity contribution < 1.29 is 14.4 Å². The molecule has 0 radical (unpaired) electrons. The molecule has 1 saturated carbocycles. The second-order valence-corrected chi connectivity index (χ2v) is 7.18. The number of rotatable bonds is 4. The molecule has 3 atom stereocenters. The van der Waals surface area contributed by atoms with Gasteiger partial charge in [0, 0.05) is 5.56 Å². The minimum Gasteiger partial charge on any atom is -0.323 e. The predicted molar refractivity (Wildman–Crippen MR) is 90.5 cm³/mol. The summed E-state index contributed by atoms with van der Waals surface area (Å²) in [5, 5.41) is 2.87. The van der Waals surface area contributed by atoms with Crippen molar-refractivity contribution in [3.63, 3.8) is 0 Å². The van der Waals surface area contributed by atoms with Crippen LogP contribution >= 0.6 is 0 Å². The average Bonchev–Trinajstić information content (AvgIpc) is 2.80. The summed E-state index contributed by atoms with van der Waals surface area (Å²) in [5.74, 6) is 0.0212. The molecule has 128 valence electrons. The van der Waals surface area contributed by atoms with Crippen molar-refractivity contribution in [3.05, 3.63) is 35.9 Å². The molecule has 24 heavy (non-hydrogen) atoms. The largest absolute Gasteiger partial charge is 0.325 e. The standard InChI is InChI=1S/C19H24N2O3/c1-13-8-6-7-11-15(13)19(2)17(23)21(18(24)20-19)12-16(22)14-9-4-3-5-10-14/h3-5,9-10,13,15H,6-8,11-12H2,1-2H3,(H,20,24). The van der Waals surface area contributed by atoms with E-state index in [-0.39, 0.29) is 24.2 Å². The Bertz CT molecular complexity index is 658. The van der Waals surface area contributed by atoms with Crippen molar-refractivity contribution >= 4 is 17.7 Å². The third-order valence-electron chi connectivity index (χ3n) is 5.55. The number of ketones is 1. The van der Waals surface area contributed by atoms with E-state index in [2.05, 4.69) is 12.2 Å². The fourth-order valence-corrected chi connectivity index (χ4v) is 4.14. The summed E-state index contributed by atoms with van der Waals surface area (Å²) in [6.07, 6.45) is 4.26. The molecule has 3 amide bonds. The molecule has 0 bridgehead atoms. The molecule has 1 heterocycles. The molecule has 3 unspecified atom stereocenters. The van der Waals surface area contributed by atoms with Gasteiger partial charge >= 0.3 is 6.03 Å². The van der Waals surface area contributed by atoms with Crippen molar-refractivity contribution in [1.82, 2.24) is 10.2 Å². The van der Waals surface area contributed by atoms with Gasteiger partial charge in [-0.05, 0) is 25.2 Å². The van der Waals surface area contributed by atoms with E-state index in [0.717, 1.165) is 24.2 Å². The quantitative estimate of drug-likeness (QED) is 0.682. The number of carbonyl (C=O) groups excluding carboxylic acids is 3. The lowest BCUT2D eigenvalue weighted by Crippen LogP contribution is -2.53. The number of hydrogen-bond acceptors (Lipinski definition) is 3. The summed E-state index contributed by atoms with van der Waals surface area (Å²) in [5.41, 5.74) is -0.383. The molecular formula is C19H24N2O3. The number of urea groups is 1. The van der Waals surface area contributed by atoms with Gasteiger partial charge in [0.15, 0.2) is 5.78 Å². The second kappa shape index (κ2) is 6.38. The maximum absolute atomic E-state index is 12.9. The van der Waals surface area contributed by atoms with Crippen molar-refractivity contribution in [3.8, 4) is 0 Å². The third kappa shape index (κ3) is 2.83. The molecular weight excluding hydrogens is 304 g/mol. The monoisotopic (exact) mass is 328 g/mol. The van der Waals surface area contributed by atoms with E-state index in [1.807, 2.05) is 13.0 Å². The van der Waals surface area contributed by atoms with Gasteiger partial charge in [-0.2, -0.15) is 0 Å². The number of amides is 3. The molecule has 5 nitrogen and oxygen atoms in total. The first-order chi connectivity index (χ1) is 11.4. The van der Waals surface area contributed by atoms with Crippen LogP contribution in [0, 0.1) is 11.8 Å². The average molecular weight is 328 g/mol. The maximum Gasteiger partial charge on any atom is 0.325 e. The van der Waals surface area contributed by atoms with Gasteiger partial charge in [-0.1, -0.05) is 56.5 Å². The Labute approximate surface area is 142 Å². The Kier molecular flexibility index (Phi) is 4.43. The van der Waals surface area contributed by atoms with Crippen LogP contribution in [-0.2, 0) is 4.79 Å². The number of nitrogens with zero attached hydrogens (tertiary/aromatic N) is 1. The van der Waals surface area contributed by atoms with Crippen LogP contribution in [-0.4, -0.2) is 34.7 Å². The number of nitrogens with one attached hydrogen (secondary N) is 1. The van der Waals surface area contributed by atoms with E-state index in [9.17, 15) is 14.4 Å². The number of imide groups is 1. The minimum atomic E-state index is -0.895. The summed E-state index contributed by atoms with van der Waals surface area (Å²) >= 11 is 0. The van der Waals surface area contributed by atoms with Gasteiger partial charge in [-0.25, -0.2) is 4.79 Å². The van der Waals surface area contributed by atoms with E-state index in [1.54, 1.807) is 24.3 Å². The fourth-order valence-electron chi connectivity index (χ4n) is 4.14. The van der Waals surface area contributed by atoms with Crippen LogP contribution < -0.4 is 5.32 Å². The molecule has 0 aromatic heterocycles. The molecule has 5 heteroatoms. The van der Waals surface area contributed by atoms with Gasteiger partial charge in [0.1, 0.15) is 5.54 Å². The van der Waals surface area contributed by atoms with Crippen molar-refractivity contribution in [2.24, 2.45) is 11.8 Å². The van der Waals surface area contributed by atoms with Crippen molar-refractivity contribution in [1.29, 1.82) is 0 Å². The van der Waals surface area contributed by atoms with Crippen molar-refractivity contribution in [2.75, 3.05) is 6.54 Å². The lowest BCUT2D eigenvalue weighted by atomic mass is 9.69. The van der Waals surface area contributed by atoms with Crippen LogP contribution in [0.5, 0.6) is 0 Å².